The summed E-state index contributed by atoms with van der Waals surface area (Å²) in [4.78, 5) is 7.08. The van der Waals surface area contributed by atoms with E-state index in [0.717, 1.165) is 63.5 Å². The molecule has 1 aromatic carbocycles. The van der Waals surface area contributed by atoms with Gasteiger partial charge in [0.25, 0.3) is 0 Å². The third kappa shape index (κ3) is 6.95. The van der Waals surface area contributed by atoms with E-state index in [1.165, 1.54) is 0 Å². The Balaban J connectivity index is 1.83. The molecule has 0 saturated carbocycles. The Kier molecular flexibility index (Phi) is 8.99. The second kappa shape index (κ2) is 11.0. The number of nitrogens with one attached hydrogen (secondary N) is 2. The molecule has 0 amide bonds. The zero-order chi connectivity index (χ0) is 18.9. The van der Waals surface area contributed by atoms with Crippen LogP contribution < -0.4 is 10.6 Å². The minimum atomic E-state index is -0.116. The smallest absolute Gasteiger partial charge is 0.191 e. The highest BCUT2D eigenvalue weighted by Gasteiger charge is 2.16. The van der Waals surface area contributed by atoms with Crippen LogP contribution in [0.4, 0.5) is 0 Å². The lowest BCUT2D eigenvalue weighted by Gasteiger charge is -2.29. The van der Waals surface area contributed by atoms with Crippen molar-refractivity contribution in [2.45, 2.75) is 45.3 Å². The van der Waals surface area contributed by atoms with Crippen molar-refractivity contribution >= 4 is 29.2 Å². The summed E-state index contributed by atoms with van der Waals surface area (Å²) in [7, 11) is 0. The Bertz CT molecular complexity index is 589. The predicted molar refractivity (Wildman–Crippen MR) is 110 cm³/mol. The van der Waals surface area contributed by atoms with Crippen LogP contribution in [0.3, 0.4) is 0 Å². The van der Waals surface area contributed by atoms with Crippen LogP contribution in [-0.4, -0.2) is 54.8 Å². The summed E-state index contributed by atoms with van der Waals surface area (Å²) in [5.41, 5.74) is 0.994. The van der Waals surface area contributed by atoms with Gasteiger partial charge >= 0.3 is 0 Å². The van der Waals surface area contributed by atoms with Gasteiger partial charge in [0.05, 0.1) is 12.1 Å². The third-order valence-electron chi connectivity index (χ3n) is 4.59. The Morgan fingerprint density at radius 3 is 2.73 bits per heavy atom. The van der Waals surface area contributed by atoms with Gasteiger partial charge in [0.15, 0.2) is 5.96 Å². The van der Waals surface area contributed by atoms with Gasteiger partial charge in [-0.1, -0.05) is 29.3 Å². The maximum atomic E-state index is 9.56. The largest absolute Gasteiger partial charge is 0.393 e. The van der Waals surface area contributed by atoms with Gasteiger partial charge in [-0.3, -0.25) is 4.99 Å². The monoisotopic (exact) mass is 400 g/mol. The zero-order valence-corrected chi connectivity index (χ0v) is 17.2. The van der Waals surface area contributed by atoms with E-state index in [0.29, 0.717) is 10.0 Å². The summed E-state index contributed by atoms with van der Waals surface area (Å²) in [6.07, 6.45) is 2.65. The quantitative estimate of drug-likeness (QED) is 0.372. The first kappa shape index (κ1) is 21.3. The number of piperidine rings is 1. The standard InChI is InChI=1S/C19H30Cl2N4O/c1-3-22-19(23-9-4-10-25-11-7-16(26)8-12-25)24-14(2)17-6-5-15(20)13-18(17)21/h5-6,13-14,16,26H,3-4,7-12H2,1-2H3,(H2,22,23,24). The highest BCUT2D eigenvalue weighted by molar-refractivity contribution is 6.35. The SMILES string of the molecule is CCNC(=NCCCN1CCC(O)CC1)NC(C)c1ccc(Cl)cc1Cl. The molecule has 1 fully saturated rings. The Hall–Kier alpha value is -1.01. The summed E-state index contributed by atoms with van der Waals surface area (Å²) in [5.74, 6) is 0.792. The van der Waals surface area contributed by atoms with Gasteiger partial charge in [0, 0.05) is 36.2 Å². The van der Waals surface area contributed by atoms with Gasteiger partial charge in [0.1, 0.15) is 0 Å². The number of halogens is 2. The lowest BCUT2D eigenvalue weighted by atomic mass is 10.1. The maximum Gasteiger partial charge on any atom is 0.191 e. The van der Waals surface area contributed by atoms with Crippen molar-refractivity contribution in [2.75, 3.05) is 32.7 Å². The van der Waals surface area contributed by atoms with Crippen molar-refractivity contribution < 1.29 is 5.11 Å². The third-order valence-corrected chi connectivity index (χ3v) is 5.15. The Labute approximate surface area is 166 Å². The van der Waals surface area contributed by atoms with Crippen LogP contribution in [0, 0.1) is 0 Å². The lowest BCUT2D eigenvalue weighted by Crippen LogP contribution is -2.39. The summed E-state index contributed by atoms with van der Waals surface area (Å²) in [5, 5.41) is 17.5. The fraction of sp³-hybridized carbons (Fsp3) is 0.632. The van der Waals surface area contributed by atoms with Crippen molar-refractivity contribution in [2.24, 2.45) is 4.99 Å². The molecule has 1 unspecified atom stereocenters. The molecular weight excluding hydrogens is 371 g/mol. The molecule has 0 aliphatic carbocycles. The minimum Gasteiger partial charge on any atom is -0.393 e. The Morgan fingerprint density at radius 1 is 1.35 bits per heavy atom. The molecule has 1 saturated heterocycles. The zero-order valence-electron chi connectivity index (χ0n) is 15.6. The number of rotatable bonds is 7. The molecule has 1 aliphatic rings. The van der Waals surface area contributed by atoms with Gasteiger partial charge in [-0.2, -0.15) is 0 Å². The number of guanidine groups is 1. The normalized spacial score (nSPS) is 18.0. The van der Waals surface area contributed by atoms with Gasteiger partial charge in [-0.25, -0.2) is 0 Å². The molecule has 0 aromatic heterocycles. The first-order valence-corrected chi connectivity index (χ1v) is 10.2. The van der Waals surface area contributed by atoms with Crippen LogP contribution in [-0.2, 0) is 0 Å². The van der Waals surface area contributed by atoms with E-state index in [-0.39, 0.29) is 12.1 Å². The molecule has 0 bridgehead atoms. The molecule has 1 aliphatic heterocycles. The fourth-order valence-electron chi connectivity index (χ4n) is 3.08. The fourth-order valence-corrected chi connectivity index (χ4v) is 3.66. The van der Waals surface area contributed by atoms with E-state index in [1.54, 1.807) is 6.07 Å². The van der Waals surface area contributed by atoms with Gasteiger partial charge < -0.3 is 20.6 Å². The highest BCUT2D eigenvalue weighted by atomic mass is 35.5. The number of nitrogens with zero attached hydrogens (tertiary/aromatic N) is 2. The maximum absolute atomic E-state index is 9.56. The summed E-state index contributed by atoms with van der Waals surface area (Å²) in [6.45, 7) is 8.66. The molecule has 146 valence electrons. The topological polar surface area (TPSA) is 59.9 Å². The Morgan fingerprint density at radius 2 is 2.08 bits per heavy atom. The second-order valence-corrected chi connectivity index (χ2v) is 7.56. The van der Waals surface area contributed by atoms with Crippen molar-refractivity contribution in [3.8, 4) is 0 Å². The molecule has 3 N–H and O–H groups in total. The summed E-state index contributed by atoms with van der Waals surface area (Å²) in [6, 6.07) is 5.58. The van der Waals surface area contributed by atoms with Crippen molar-refractivity contribution in [3.05, 3.63) is 33.8 Å². The predicted octanol–water partition coefficient (Wildman–Crippen LogP) is 3.46. The van der Waals surface area contributed by atoms with Gasteiger partial charge in [-0.05, 0) is 57.4 Å². The number of aliphatic hydroxyl groups is 1. The average Bonchev–Trinajstić information content (AvgIpc) is 2.60. The van der Waals surface area contributed by atoms with E-state index in [9.17, 15) is 5.11 Å². The second-order valence-electron chi connectivity index (χ2n) is 6.72. The van der Waals surface area contributed by atoms with E-state index < -0.39 is 0 Å². The van der Waals surface area contributed by atoms with Crippen LogP contribution in [0.15, 0.2) is 23.2 Å². The molecular formula is C19H30Cl2N4O. The van der Waals surface area contributed by atoms with Crippen LogP contribution >= 0.6 is 23.2 Å². The van der Waals surface area contributed by atoms with Crippen LogP contribution in [0.2, 0.25) is 10.0 Å². The molecule has 1 heterocycles. The van der Waals surface area contributed by atoms with E-state index in [1.807, 2.05) is 12.1 Å². The van der Waals surface area contributed by atoms with E-state index >= 15 is 0 Å². The van der Waals surface area contributed by atoms with Gasteiger partial charge in [-0.15, -0.1) is 0 Å². The summed E-state index contributed by atoms with van der Waals surface area (Å²) < 4.78 is 0. The van der Waals surface area contributed by atoms with Crippen LogP contribution in [0.1, 0.15) is 44.7 Å². The highest BCUT2D eigenvalue weighted by Crippen LogP contribution is 2.26. The van der Waals surface area contributed by atoms with Crippen molar-refractivity contribution in [1.82, 2.24) is 15.5 Å². The van der Waals surface area contributed by atoms with E-state index in [2.05, 4.69) is 34.4 Å². The van der Waals surface area contributed by atoms with Crippen LogP contribution in [0.5, 0.6) is 0 Å². The number of hydrogen-bond acceptors (Lipinski definition) is 3. The first-order chi connectivity index (χ1) is 12.5. The molecule has 0 spiro atoms. The summed E-state index contributed by atoms with van der Waals surface area (Å²) >= 11 is 12.3. The average molecular weight is 401 g/mol. The molecule has 1 aromatic rings. The van der Waals surface area contributed by atoms with Gasteiger partial charge in [0.2, 0.25) is 0 Å². The molecule has 1 atom stereocenters. The molecule has 7 heteroatoms. The number of aliphatic hydroxyl groups excluding tert-OH is 1. The lowest BCUT2D eigenvalue weighted by molar-refractivity contribution is 0.0824. The molecule has 0 radical (unpaired) electrons. The molecule has 2 rings (SSSR count). The minimum absolute atomic E-state index is 0.0288. The number of benzene rings is 1. The number of aliphatic imine (C=N–C) groups is 1. The number of likely N-dealkylation sites (tertiary alicyclic amines) is 1. The van der Waals surface area contributed by atoms with E-state index in [4.69, 9.17) is 23.2 Å². The first-order valence-electron chi connectivity index (χ1n) is 9.39. The number of hydrogen-bond donors (Lipinski definition) is 3. The van der Waals surface area contributed by atoms with Crippen molar-refractivity contribution in [1.29, 1.82) is 0 Å². The van der Waals surface area contributed by atoms with Crippen LogP contribution in [0.25, 0.3) is 0 Å². The van der Waals surface area contributed by atoms with Crippen molar-refractivity contribution in [3.63, 3.8) is 0 Å². The molecule has 26 heavy (non-hydrogen) atoms. The molecule has 5 nitrogen and oxygen atoms in total.